The van der Waals surface area contributed by atoms with Gasteiger partial charge in [0.1, 0.15) is 5.60 Å². The molecule has 0 saturated heterocycles. The van der Waals surface area contributed by atoms with Gasteiger partial charge in [0.05, 0.1) is 13.2 Å². The highest BCUT2D eigenvalue weighted by Gasteiger charge is 2.20. The molecule has 0 aliphatic rings. The number of aromatic nitrogens is 2. The molecule has 1 aromatic rings. The molecule has 0 radical (unpaired) electrons. The Morgan fingerprint density at radius 3 is 2.92 bits per heavy atom. The van der Waals surface area contributed by atoms with E-state index in [0.717, 1.165) is 0 Å². The van der Waals surface area contributed by atoms with Crippen molar-refractivity contribution < 1.29 is 9.84 Å². The summed E-state index contributed by atoms with van der Waals surface area (Å²) in [4.78, 5) is 0. The Bertz CT molecular complexity index is 219. The van der Waals surface area contributed by atoms with Crippen LogP contribution in [0.5, 0.6) is 0 Å². The zero-order valence-corrected chi connectivity index (χ0v) is 7.40. The zero-order chi connectivity index (χ0) is 9.03. The molecule has 0 aliphatic heterocycles. The summed E-state index contributed by atoms with van der Waals surface area (Å²) in [5, 5.41) is 13.7. The standard InChI is InChI=1S/C8H14N2O2/c1-8(11,7-12-2)6-10-5-3-4-9-10/h3-5,11H,6-7H2,1-2H3. The van der Waals surface area contributed by atoms with Gasteiger partial charge in [0, 0.05) is 19.5 Å². The van der Waals surface area contributed by atoms with Crippen molar-refractivity contribution in [3.05, 3.63) is 18.5 Å². The molecule has 1 atom stereocenters. The van der Waals surface area contributed by atoms with Gasteiger partial charge in [0.2, 0.25) is 0 Å². The number of hydrogen-bond donors (Lipinski definition) is 1. The Morgan fingerprint density at radius 1 is 1.67 bits per heavy atom. The predicted molar refractivity (Wildman–Crippen MR) is 44.7 cm³/mol. The van der Waals surface area contributed by atoms with Gasteiger partial charge in [-0.3, -0.25) is 4.68 Å². The van der Waals surface area contributed by atoms with Crippen molar-refractivity contribution in [2.24, 2.45) is 0 Å². The third-order valence-electron chi connectivity index (χ3n) is 1.52. The Kier molecular flexibility index (Phi) is 2.83. The molecular formula is C8H14N2O2. The first-order valence-electron chi connectivity index (χ1n) is 3.83. The fraction of sp³-hybridized carbons (Fsp3) is 0.625. The molecule has 0 bridgehead atoms. The highest BCUT2D eigenvalue weighted by Crippen LogP contribution is 2.06. The molecule has 0 aromatic carbocycles. The van der Waals surface area contributed by atoms with E-state index in [1.807, 2.05) is 12.3 Å². The van der Waals surface area contributed by atoms with Gasteiger partial charge >= 0.3 is 0 Å². The number of methoxy groups -OCH3 is 1. The minimum absolute atomic E-state index is 0.312. The average Bonchev–Trinajstić information content (AvgIpc) is 2.38. The molecule has 0 spiro atoms. The third-order valence-corrected chi connectivity index (χ3v) is 1.52. The van der Waals surface area contributed by atoms with Crippen LogP contribution in [0.3, 0.4) is 0 Å². The first-order chi connectivity index (χ1) is 5.64. The largest absolute Gasteiger partial charge is 0.386 e. The van der Waals surface area contributed by atoms with Crippen molar-refractivity contribution in [3.8, 4) is 0 Å². The van der Waals surface area contributed by atoms with Crippen LogP contribution in [0.2, 0.25) is 0 Å². The van der Waals surface area contributed by atoms with Crippen molar-refractivity contribution in [3.63, 3.8) is 0 Å². The first-order valence-corrected chi connectivity index (χ1v) is 3.83. The summed E-state index contributed by atoms with van der Waals surface area (Å²) in [7, 11) is 1.57. The second-order valence-electron chi connectivity index (χ2n) is 3.13. The van der Waals surface area contributed by atoms with Crippen molar-refractivity contribution in [2.75, 3.05) is 13.7 Å². The van der Waals surface area contributed by atoms with Crippen molar-refractivity contribution >= 4 is 0 Å². The lowest BCUT2D eigenvalue weighted by Crippen LogP contribution is -2.35. The lowest BCUT2D eigenvalue weighted by molar-refractivity contribution is -0.0308. The molecule has 0 saturated carbocycles. The summed E-state index contributed by atoms with van der Waals surface area (Å²) in [6, 6.07) is 1.82. The molecule has 0 fully saturated rings. The van der Waals surface area contributed by atoms with Crippen LogP contribution in [0, 0.1) is 0 Å². The molecule has 1 unspecified atom stereocenters. The first kappa shape index (κ1) is 9.22. The summed E-state index contributed by atoms with van der Waals surface area (Å²) in [6.07, 6.45) is 3.49. The summed E-state index contributed by atoms with van der Waals surface area (Å²) in [5.41, 5.74) is -0.846. The minimum Gasteiger partial charge on any atom is -0.386 e. The molecule has 1 rings (SSSR count). The number of hydrogen-bond acceptors (Lipinski definition) is 3. The van der Waals surface area contributed by atoms with Crippen LogP contribution in [0.4, 0.5) is 0 Å². The minimum atomic E-state index is -0.846. The van der Waals surface area contributed by atoms with Crippen LogP contribution in [0.15, 0.2) is 18.5 Å². The molecule has 1 N–H and O–H groups in total. The van der Waals surface area contributed by atoms with Gasteiger partial charge in [-0.2, -0.15) is 5.10 Å². The SMILES string of the molecule is COCC(C)(O)Cn1cccn1. The monoisotopic (exact) mass is 170 g/mol. The van der Waals surface area contributed by atoms with Crippen LogP contribution >= 0.6 is 0 Å². The predicted octanol–water partition coefficient (Wildman–Crippen LogP) is 0.281. The Balaban J connectivity index is 2.50. The smallest absolute Gasteiger partial charge is 0.105 e. The lowest BCUT2D eigenvalue weighted by atomic mass is 10.1. The van der Waals surface area contributed by atoms with E-state index in [-0.39, 0.29) is 0 Å². The van der Waals surface area contributed by atoms with Crippen LogP contribution in [0.25, 0.3) is 0 Å². The molecule has 1 aromatic heterocycles. The van der Waals surface area contributed by atoms with Crippen LogP contribution in [-0.4, -0.2) is 34.2 Å². The molecule has 1 heterocycles. The molecule has 4 heteroatoms. The Morgan fingerprint density at radius 2 is 2.42 bits per heavy atom. The lowest BCUT2D eigenvalue weighted by Gasteiger charge is -2.21. The maximum absolute atomic E-state index is 9.70. The van der Waals surface area contributed by atoms with Crippen LogP contribution < -0.4 is 0 Å². The van der Waals surface area contributed by atoms with E-state index >= 15 is 0 Å². The number of rotatable bonds is 4. The summed E-state index contributed by atoms with van der Waals surface area (Å²) < 4.78 is 6.54. The highest BCUT2D eigenvalue weighted by molar-refractivity contribution is 4.81. The molecule has 68 valence electrons. The molecular weight excluding hydrogens is 156 g/mol. The Labute approximate surface area is 71.8 Å². The second kappa shape index (κ2) is 3.69. The quantitative estimate of drug-likeness (QED) is 0.706. The summed E-state index contributed by atoms with van der Waals surface area (Å²) in [6.45, 7) is 2.48. The Hall–Kier alpha value is -0.870. The molecule has 0 aliphatic carbocycles. The fourth-order valence-corrected chi connectivity index (χ4v) is 1.10. The van der Waals surface area contributed by atoms with Crippen molar-refractivity contribution in [1.29, 1.82) is 0 Å². The van der Waals surface area contributed by atoms with Crippen molar-refractivity contribution in [1.82, 2.24) is 9.78 Å². The van der Waals surface area contributed by atoms with Gasteiger partial charge in [-0.25, -0.2) is 0 Å². The zero-order valence-electron chi connectivity index (χ0n) is 7.40. The maximum atomic E-state index is 9.70. The number of nitrogens with zero attached hydrogens (tertiary/aromatic N) is 2. The second-order valence-corrected chi connectivity index (χ2v) is 3.13. The fourth-order valence-electron chi connectivity index (χ4n) is 1.10. The highest BCUT2D eigenvalue weighted by atomic mass is 16.5. The van der Waals surface area contributed by atoms with E-state index < -0.39 is 5.60 Å². The van der Waals surface area contributed by atoms with Crippen molar-refractivity contribution in [2.45, 2.75) is 19.1 Å². The van der Waals surface area contributed by atoms with E-state index in [1.54, 1.807) is 24.9 Å². The summed E-state index contributed by atoms with van der Waals surface area (Å²) >= 11 is 0. The molecule has 0 amide bonds. The average molecular weight is 170 g/mol. The third kappa shape index (κ3) is 2.64. The maximum Gasteiger partial charge on any atom is 0.105 e. The molecule has 12 heavy (non-hydrogen) atoms. The number of aliphatic hydroxyl groups is 1. The number of ether oxygens (including phenoxy) is 1. The van der Waals surface area contributed by atoms with Crippen LogP contribution in [-0.2, 0) is 11.3 Å². The van der Waals surface area contributed by atoms with Crippen LogP contribution in [0.1, 0.15) is 6.92 Å². The van der Waals surface area contributed by atoms with Gasteiger partial charge in [0.25, 0.3) is 0 Å². The molecule has 4 nitrogen and oxygen atoms in total. The topological polar surface area (TPSA) is 47.3 Å². The van der Waals surface area contributed by atoms with E-state index in [2.05, 4.69) is 5.10 Å². The normalized spacial score (nSPS) is 15.9. The summed E-state index contributed by atoms with van der Waals surface area (Å²) in [5.74, 6) is 0. The van der Waals surface area contributed by atoms with Gasteiger partial charge in [0.15, 0.2) is 0 Å². The van der Waals surface area contributed by atoms with Gasteiger partial charge in [-0.05, 0) is 13.0 Å². The van der Waals surface area contributed by atoms with Gasteiger partial charge in [-0.15, -0.1) is 0 Å². The van der Waals surface area contributed by atoms with Gasteiger partial charge < -0.3 is 9.84 Å². The van der Waals surface area contributed by atoms with E-state index in [0.29, 0.717) is 13.2 Å². The van der Waals surface area contributed by atoms with E-state index in [9.17, 15) is 5.11 Å². The van der Waals surface area contributed by atoms with E-state index in [1.165, 1.54) is 0 Å². The van der Waals surface area contributed by atoms with Gasteiger partial charge in [-0.1, -0.05) is 0 Å². The van der Waals surface area contributed by atoms with E-state index in [4.69, 9.17) is 4.74 Å².